The first-order valence-electron chi connectivity index (χ1n) is 9.52. The van der Waals surface area contributed by atoms with Gasteiger partial charge in [0.25, 0.3) is 5.91 Å². The average Bonchev–Trinajstić information content (AvgIpc) is 2.67. The monoisotopic (exact) mass is 365 g/mol. The van der Waals surface area contributed by atoms with Gasteiger partial charge in [-0.1, -0.05) is 17.2 Å². The number of nitrogens with one attached hydrogen (secondary N) is 1. The number of hydrogen-bond acceptors (Lipinski definition) is 3. The molecule has 0 spiro atoms. The zero-order valence-electron chi connectivity index (χ0n) is 16.2. The van der Waals surface area contributed by atoms with E-state index < -0.39 is 0 Å². The quantitative estimate of drug-likeness (QED) is 0.903. The fraction of sp³-hybridized carbons (Fsp3) is 0.409. The molecule has 1 aromatic heterocycles. The second kappa shape index (κ2) is 8.33. The van der Waals surface area contributed by atoms with Gasteiger partial charge in [-0.15, -0.1) is 0 Å². The first-order valence-corrected chi connectivity index (χ1v) is 9.52. The van der Waals surface area contributed by atoms with Crippen LogP contribution in [0.4, 0.5) is 0 Å². The Kier molecular flexibility index (Phi) is 5.89. The summed E-state index contributed by atoms with van der Waals surface area (Å²) in [7, 11) is 0. The highest BCUT2D eigenvalue weighted by atomic mass is 16.2. The van der Waals surface area contributed by atoms with E-state index in [2.05, 4.69) is 16.4 Å². The Morgan fingerprint density at radius 1 is 1.15 bits per heavy atom. The summed E-state index contributed by atoms with van der Waals surface area (Å²) in [5.41, 5.74) is 3.89. The predicted molar refractivity (Wildman–Crippen MR) is 105 cm³/mol. The Balaban J connectivity index is 1.64. The number of carbonyl (C=O) groups is 2. The lowest BCUT2D eigenvalue weighted by Crippen LogP contribution is -2.45. The lowest BCUT2D eigenvalue weighted by atomic mass is 9.95. The van der Waals surface area contributed by atoms with Crippen molar-refractivity contribution in [3.8, 4) is 0 Å². The van der Waals surface area contributed by atoms with Gasteiger partial charge in [0.05, 0.1) is 12.0 Å². The summed E-state index contributed by atoms with van der Waals surface area (Å²) in [6.45, 7) is 7.14. The van der Waals surface area contributed by atoms with Gasteiger partial charge in [-0.05, 0) is 63.4 Å². The first kappa shape index (κ1) is 19.1. The number of nitrogens with zero attached hydrogens (tertiary/aromatic N) is 2. The van der Waals surface area contributed by atoms with E-state index in [4.69, 9.17) is 0 Å². The number of piperidine rings is 1. The molecule has 5 heteroatoms. The molecule has 1 fully saturated rings. The van der Waals surface area contributed by atoms with Gasteiger partial charge in [0, 0.05) is 31.0 Å². The number of aryl methyl sites for hydroxylation is 2. The Bertz CT molecular complexity index is 799. The van der Waals surface area contributed by atoms with Crippen LogP contribution < -0.4 is 5.32 Å². The van der Waals surface area contributed by atoms with Crippen molar-refractivity contribution in [2.45, 2.75) is 39.7 Å². The van der Waals surface area contributed by atoms with Gasteiger partial charge in [0.1, 0.15) is 0 Å². The van der Waals surface area contributed by atoms with Crippen molar-refractivity contribution in [3.05, 3.63) is 65.0 Å². The highest BCUT2D eigenvalue weighted by Crippen LogP contribution is 2.21. The van der Waals surface area contributed by atoms with Crippen LogP contribution in [-0.2, 0) is 4.79 Å². The topological polar surface area (TPSA) is 62.3 Å². The molecule has 3 rings (SSSR count). The summed E-state index contributed by atoms with van der Waals surface area (Å²) in [4.78, 5) is 31.5. The van der Waals surface area contributed by atoms with Crippen molar-refractivity contribution < 1.29 is 9.59 Å². The van der Waals surface area contributed by atoms with Gasteiger partial charge in [-0.25, -0.2) is 0 Å². The maximum Gasteiger partial charge on any atom is 0.253 e. The van der Waals surface area contributed by atoms with Crippen molar-refractivity contribution in [3.63, 3.8) is 0 Å². The minimum atomic E-state index is -0.169. The SMILES string of the molecule is Cc1cc(C)cc(C(=O)N2CCCC(C(=O)NC(C)c3ccncc3)C2)c1. The molecule has 0 aliphatic carbocycles. The molecule has 142 valence electrons. The van der Waals surface area contributed by atoms with Crippen LogP contribution in [0, 0.1) is 19.8 Å². The van der Waals surface area contributed by atoms with E-state index in [1.165, 1.54) is 0 Å². The van der Waals surface area contributed by atoms with E-state index in [0.717, 1.165) is 29.5 Å². The molecule has 1 aliphatic rings. The van der Waals surface area contributed by atoms with Gasteiger partial charge in [-0.3, -0.25) is 14.6 Å². The Hall–Kier alpha value is -2.69. The molecule has 0 saturated carbocycles. The smallest absolute Gasteiger partial charge is 0.253 e. The van der Waals surface area contributed by atoms with Crippen LogP contribution in [0.15, 0.2) is 42.7 Å². The molecule has 2 atom stereocenters. The number of benzene rings is 1. The minimum absolute atomic E-state index is 0.0113. The molecule has 0 radical (unpaired) electrons. The largest absolute Gasteiger partial charge is 0.349 e. The summed E-state index contributed by atoms with van der Waals surface area (Å²) in [5.74, 6) is -0.142. The molecule has 5 nitrogen and oxygen atoms in total. The first-order chi connectivity index (χ1) is 12.9. The predicted octanol–water partition coefficient (Wildman–Crippen LogP) is 3.43. The lowest BCUT2D eigenvalue weighted by molar-refractivity contribution is -0.127. The highest BCUT2D eigenvalue weighted by Gasteiger charge is 2.29. The number of amides is 2. The maximum absolute atomic E-state index is 12.9. The summed E-state index contributed by atoms with van der Waals surface area (Å²) in [5, 5.41) is 3.08. The number of likely N-dealkylation sites (tertiary alicyclic amines) is 1. The van der Waals surface area contributed by atoms with Crippen LogP contribution in [0.5, 0.6) is 0 Å². The summed E-state index contributed by atoms with van der Waals surface area (Å²) in [6.07, 6.45) is 5.11. The Morgan fingerprint density at radius 3 is 2.48 bits per heavy atom. The fourth-order valence-electron chi connectivity index (χ4n) is 3.72. The zero-order chi connectivity index (χ0) is 19.4. The van der Waals surface area contributed by atoms with Crippen LogP contribution in [0.1, 0.15) is 52.9 Å². The van der Waals surface area contributed by atoms with Gasteiger partial charge in [0.2, 0.25) is 5.91 Å². The van der Waals surface area contributed by atoms with Gasteiger partial charge < -0.3 is 10.2 Å². The molecular weight excluding hydrogens is 338 g/mol. The van der Waals surface area contributed by atoms with Crippen molar-refractivity contribution in [2.24, 2.45) is 5.92 Å². The van der Waals surface area contributed by atoms with Crippen LogP contribution in [0.25, 0.3) is 0 Å². The minimum Gasteiger partial charge on any atom is -0.349 e. The van der Waals surface area contributed by atoms with Crippen molar-refractivity contribution in [2.75, 3.05) is 13.1 Å². The normalized spacial score (nSPS) is 18.0. The summed E-state index contributed by atoms with van der Waals surface area (Å²) in [6, 6.07) is 9.63. The highest BCUT2D eigenvalue weighted by molar-refractivity contribution is 5.95. The van der Waals surface area contributed by atoms with Gasteiger partial charge in [0.15, 0.2) is 0 Å². The Labute approximate surface area is 160 Å². The van der Waals surface area contributed by atoms with Crippen LogP contribution >= 0.6 is 0 Å². The fourth-order valence-corrected chi connectivity index (χ4v) is 3.72. The van der Waals surface area contributed by atoms with E-state index in [0.29, 0.717) is 18.7 Å². The van der Waals surface area contributed by atoms with Gasteiger partial charge in [-0.2, -0.15) is 0 Å². The molecule has 1 N–H and O–H groups in total. The van der Waals surface area contributed by atoms with Crippen LogP contribution in [0.3, 0.4) is 0 Å². The third kappa shape index (κ3) is 4.73. The van der Waals surface area contributed by atoms with Gasteiger partial charge >= 0.3 is 0 Å². The molecule has 2 aromatic rings. The molecular formula is C22H27N3O2. The van der Waals surface area contributed by atoms with Crippen LogP contribution in [0.2, 0.25) is 0 Å². The van der Waals surface area contributed by atoms with Crippen molar-refractivity contribution in [1.82, 2.24) is 15.2 Å². The Morgan fingerprint density at radius 2 is 1.81 bits per heavy atom. The number of carbonyl (C=O) groups excluding carboxylic acids is 2. The molecule has 1 saturated heterocycles. The molecule has 1 aliphatic heterocycles. The molecule has 27 heavy (non-hydrogen) atoms. The molecule has 1 aromatic carbocycles. The second-order valence-electron chi connectivity index (χ2n) is 7.48. The van der Waals surface area contributed by atoms with E-state index in [-0.39, 0.29) is 23.8 Å². The maximum atomic E-state index is 12.9. The number of pyridine rings is 1. The lowest BCUT2D eigenvalue weighted by Gasteiger charge is -2.33. The number of aromatic nitrogens is 1. The molecule has 2 amide bonds. The van der Waals surface area contributed by atoms with E-state index >= 15 is 0 Å². The second-order valence-corrected chi connectivity index (χ2v) is 7.48. The van der Waals surface area contributed by atoms with E-state index in [9.17, 15) is 9.59 Å². The third-order valence-electron chi connectivity index (χ3n) is 5.11. The van der Waals surface area contributed by atoms with Crippen molar-refractivity contribution in [1.29, 1.82) is 0 Å². The molecule has 2 unspecified atom stereocenters. The molecule has 0 bridgehead atoms. The standard InChI is InChI=1S/C22H27N3O2/c1-15-11-16(2)13-20(12-15)22(27)25-10-4-5-19(14-25)21(26)24-17(3)18-6-8-23-9-7-18/h6-9,11-13,17,19H,4-5,10,14H2,1-3H3,(H,24,26). The number of rotatable bonds is 4. The summed E-state index contributed by atoms with van der Waals surface area (Å²) < 4.78 is 0. The third-order valence-corrected chi connectivity index (χ3v) is 5.11. The average molecular weight is 365 g/mol. The zero-order valence-corrected chi connectivity index (χ0v) is 16.2. The van der Waals surface area contributed by atoms with E-state index in [1.54, 1.807) is 12.4 Å². The number of hydrogen-bond donors (Lipinski definition) is 1. The molecule has 2 heterocycles. The van der Waals surface area contributed by atoms with E-state index in [1.807, 2.05) is 49.9 Å². The summed E-state index contributed by atoms with van der Waals surface area (Å²) >= 11 is 0. The van der Waals surface area contributed by atoms with Crippen LogP contribution in [-0.4, -0.2) is 34.8 Å². The van der Waals surface area contributed by atoms with Crippen molar-refractivity contribution >= 4 is 11.8 Å².